The molecule has 1 aliphatic rings. The van der Waals surface area contributed by atoms with Crippen LogP contribution in [0.3, 0.4) is 0 Å². The molecule has 1 heterocycles. The molecule has 1 unspecified atom stereocenters. The van der Waals surface area contributed by atoms with Gasteiger partial charge in [0.1, 0.15) is 0 Å². The molecule has 1 aliphatic heterocycles. The number of benzene rings is 1. The van der Waals surface area contributed by atoms with Gasteiger partial charge in [-0.05, 0) is 24.3 Å². The highest BCUT2D eigenvalue weighted by atomic mass is 35.5. The maximum atomic E-state index is 11.6. The Labute approximate surface area is 95.9 Å². The molecule has 1 aromatic rings. The van der Waals surface area contributed by atoms with Crippen LogP contribution in [0.4, 0.5) is 5.69 Å². The minimum Gasteiger partial charge on any atom is -0.480 e. The van der Waals surface area contributed by atoms with Crippen molar-refractivity contribution in [2.45, 2.75) is 0 Å². The molecule has 16 heavy (non-hydrogen) atoms. The van der Waals surface area contributed by atoms with Crippen molar-refractivity contribution in [3.05, 3.63) is 29.3 Å². The first-order valence-corrected chi connectivity index (χ1v) is 4.84. The largest absolute Gasteiger partial charge is 0.480 e. The van der Waals surface area contributed by atoms with E-state index in [2.05, 4.69) is 5.10 Å². The van der Waals surface area contributed by atoms with Crippen LogP contribution in [0.1, 0.15) is 0 Å². The van der Waals surface area contributed by atoms with E-state index >= 15 is 0 Å². The number of amides is 1. The summed E-state index contributed by atoms with van der Waals surface area (Å²) in [5.41, 5.74) is 0.495. The van der Waals surface area contributed by atoms with Gasteiger partial charge >= 0.3 is 5.97 Å². The quantitative estimate of drug-likeness (QED) is 0.791. The second-order valence-electron chi connectivity index (χ2n) is 3.21. The van der Waals surface area contributed by atoms with E-state index in [-0.39, 0.29) is 0 Å². The molecule has 2 rings (SSSR count). The third-order valence-electron chi connectivity index (χ3n) is 2.14. The van der Waals surface area contributed by atoms with Crippen LogP contribution >= 0.6 is 11.6 Å². The molecule has 0 aromatic heterocycles. The number of halogens is 1. The first-order valence-electron chi connectivity index (χ1n) is 4.46. The van der Waals surface area contributed by atoms with Crippen LogP contribution < -0.4 is 5.01 Å². The zero-order valence-electron chi connectivity index (χ0n) is 8.00. The molecule has 1 aromatic carbocycles. The zero-order valence-corrected chi connectivity index (χ0v) is 8.76. The fourth-order valence-electron chi connectivity index (χ4n) is 1.33. The number of carbonyl (C=O) groups is 2. The molecule has 0 bridgehead atoms. The van der Waals surface area contributed by atoms with Gasteiger partial charge in [-0.1, -0.05) is 11.6 Å². The maximum Gasteiger partial charge on any atom is 0.321 e. The van der Waals surface area contributed by atoms with Crippen LogP contribution in [0.2, 0.25) is 5.02 Å². The number of rotatable bonds is 2. The number of nitrogens with zero attached hydrogens (tertiary/aromatic N) is 2. The van der Waals surface area contributed by atoms with Crippen LogP contribution in [-0.4, -0.2) is 23.2 Å². The Balaban J connectivity index is 2.25. The summed E-state index contributed by atoms with van der Waals surface area (Å²) in [7, 11) is 0. The smallest absolute Gasteiger partial charge is 0.321 e. The first-order chi connectivity index (χ1) is 7.59. The summed E-state index contributed by atoms with van der Waals surface area (Å²) in [6.45, 7) is 0. The van der Waals surface area contributed by atoms with Crippen LogP contribution in [0, 0.1) is 5.92 Å². The lowest BCUT2D eigenvalue weighted by atomic mass is 10.1. The second-order valence-corrected chi connectivity index (χ2v) is 3.64. The van der Waals surface area contributed by atoms with E-state index in [0.29, 0.717) is 10.7 Å². The Kier molecular flexibility index (Phi) is 2.62. The Hall–Kier alpha value is -1.88. The average Bonchev–Trinajstić information content (AvgIpc) is 2.61. The molecule has 1 amide bonds. The predicted molar refractivity (Wildman–Crippen MR) is 58.6 cm³/mol. The van der Waals surface area contributed by atoms with Gasteiger partial charge in [0.2, 0.25) is 0 Å². The fraction of sp³-hybridized carbons (Fsp3) is 0.100. The molecule has 82 valence electrons. The number of anilines is 1. The molecule has 0 radical (unpaired) electrons. The van der Waals surface area contributed by atoms with Gasteiger partial charge in [0, 0.05) is 11.2 Å². The number of aliphatic carboxylic acids is 1. The van der Waals surface area contributed by atoms with Gasteiger partial charge in [-0.2, -0.15) is 10.1 Å². The Bertz CT molecular complexity index is 469. The number of hydrogen-bond acceptors (Lipinski definition) is 3. The lowest BCUT2D eigenvalue weighted by Gasteiger charge is -2.12. The molecule has 1 atom stereocenters. The number of hydrazone groups is 1. The Morgan fingerprint density at radius 2 is 2.00 bits per heavy atom. The van der Waals surface area contributed by atoms with Crippen molar-refractivity contribution in [2.24, 2.45) is 11.0 Å². The van der Waals surface area contributed by atoms with Crippen LogP contribution in [0.25, 0.3) is 0 Å². The summed E-state index contributed by atoms with van der Waals surface area (Å²) in [5, 5.41) is 14.1. The molecule has 0 saturated heterocycles. The molecular weight excluding hydrogens is 232 g/mol. The third kappa shape index (κ3) is 1.77. The highest BCUT2D eigenvalue weighted by molar-refractivity contribution is 6.30. The van der Waals surface area contributed by atoms with E-state index in [0.717, 1.165) is 11.2 Å². The standard InChI is InChI=1S/C10H7ClN2O3/c11-6-1-3-7(4-2-6)13-9(14)8(5-12-13)10(15)16/h1-5,8H,(H,15,16). The van der Waals surface area contributed by atoms with Crippen molar-refractivity contribution in [3.63, 3.8) is 0 Å². The topological polar surface area (TPSA) is 70.0 Å². The fourth-order valence-corrected chi connectivity index (χ4v) is 1.46. The minimum absolute atomic E-state index is 0.495. The summed E-state index contributed by atoms with van der Waals surface area (Å²) in [6.07, 6.45) is 1.11. The highest BCUT2D eigenvalue weighted by Crippen LogP contribution is 2.22. The summed E-state index contributed by atoms with van der Waals surface area (Å²) in [5.74, 6) is -2.98. The average molecular weight is 239 g/mol. The molecule has 0 saturated carbocycles. The van der Waals surface area contributed by atoms with E-state index in [9.17, 15) is 9.59 Å². The number of carboxylic acid groups (broad SMARTS) is 1. The van der Waals surface area contributed by atoms with Crippen molar-refractivity contribution < 1.29 is 14.7 Å². The van der Waals surface area contributed by atoms with Gasteiger partial charge in [0.15, 0.2) is 5.92 Å². The van der Waals surface area contributed by atoms with Gasteiger partial charge in [-0.15, -0.1) is 0 Å². The van der Waals surface area contributed by atoms with Gasteiger partial charge in [0.25, 0.3) is 5.91 Å². The zero-order chi connectivity index (χ0) is 11.7. The minimum atomic E-state index is -1.20. The van der Waals surface area contributed by atoms with E-state index < -0.39 is 17.8 Å². The molecule has 6 heteroatoms. The first kappa shape index (κ1) is 10.6. The lowest BCUT2D eigenvalue weighted by molar-refractivity contribution is -0.142. The van der Waals surface area contributed by atoms with Gasteiger partial charge in [0.05, 0.1) is 5.69 Å². The lowest BCUT2D eigenvalue weighted by Crippen LogP contribution is -2.30. The molecule has 0 aliphatic carbocycles. The molecule has 1 N–H and O–H groups in total. The third-order valence-corrected chi connectivity index (χ3v) is 2.40. The molecule has 5 nitrogen and oxygen atoms in total. The normalized spacial score (nSPS) is 19.2. The van der Waals surface area contributed by atoms with Gasteiger partial charge in [-0.3, -0.25) is 9.59 Å². The summed E-state index contributed by atoms with van der Waals surface area (Å²) < 4.78 is 0. The number of carbonyl (C=O) groups excluding carboxylic acids is 1. The molecule has 0 spiro atoms. The summed E-state index contributed by atoms with van der Waals surface area (Å²) in [4.78, 5) is 22.3. The van der Waals surface area contributed by atoms with Crippen molar-refractivity contribution in [1.82, 2.24) is 0 Å². The maximum absolute atomic E-state index is 11.6. The van der Waals surface area contributed by atoms with Crippen molar-refractivity contribution in [3.8, 4) is 0 Å². The van der Waals surface area contributed by atoms with E-state index in [1.165, 1.54) is 0 Å². The Morgan fingerprint density at radius 3 is 2.50 bits per heavy atom. The van der Waals surface area contributed by atoms with E-state index in [1.807, 2.05) is 0 Å². The molecule has 0 fully saturated rings. The van der Waals surface area contributed by atoms with Crippen LogP contribution in [-0.2, 0) is 9.59 Å². The van der Waals surface area contributed by atoms with Crippen molar-refractivity contribution in [2.75, 3.05) is 5.01 Å². The summed E-state index contributed by atoms with van der Waals surface area (Å²) in [6, 6.07) is 6.41. The monoisotopic (exact) mass is 238 g/mol. The SMILES string of the molecule is O=C(O)C1C=NN(c2ccc(Cl)cc2)C1=O. The number of hydrogen-bond donors (Lipinski definition) is 1. The van der Waals surface area contributed by atoms with Crippen LogP contribution in [0.15, 0.2) is 29.4 Å². The van der Waals surface area contributed by atoms with Crippen molar-refractivity contribution in [1.29, 1.82) is 0 Å². The van der Waals surface area contributed by atoms with Crippen molar-refractivity contribution >= 4 is 35.4 Å². The van der Waals surface area contributed by atoms with E-state index in [4.69, 9.17) is 16.7 Å². The second kappa shape index (κ2) is 3.94. The Morgan fingerprint density at radius 1 is 1.38 bits per heavy atom. The van der Waals surface area contributed by atoms with Gasteiger partial charge in [-0.25, -0.2) is 0 Å². The predicted octanol–water partition coefficient (Wildman–Crippen LogP) is 1.37. The highest BCUT2D eigenvalue weighted by Gasteiger charge is 2.34. The van der Waals surface area contributed by atoms with Gasteiger partial charge < -0.3 is 5.11 Å². The van der Waals surface area contributed by atoms with Crippen LogP contribution in [0.5, 0.6) is 0 Å². The molecular formula is C10H7ClN2O3. The van der Waals surface area contributed by atoms with E-state index in [1.54, 1.807) is 24.3 Å². The summed E-state index contributed by atoms with van der Waals surface area (Å²) >= 11 is 5.70. The number of carboxylic acids is 1.